The highest BCUT2D eigenvalue weighted by atomic mass is 79.9. The minimum Gasteiger partial charge on any atom is -0.508 e. The molecule has 0 aliphatic heterocycles. The van der Waals surface area contributed by atoms with Gasteiger partial charge in [0.05, 0.1) is 0 Å². The monoisotopic (exact) mass is 347 g/mol. The second-order valence-corrected chi connectivity index (χ2v) is 5.70. The van der Waals surface area contributed by atoms with Crippen LogP contribution in [-0.4, -0.2) is 27.8 Å². The number of benzene rings is 2. The van der Waals surface area contributed by atoms with Crippen LogP contribution in [0.15, 0.2) is 48.5 Å². The van der Waals surface area contributed by atoms with Crippen molar-refractivity contribution in [1.29, 1.82) is 0 Å². The van der Waals surface area contributed by atoms with Crippen molar-refractivity contribution in [3.63, 3.8) is 0 Å². The normalized spacial score (nSPS) is 10.4. The number of phenolic OH excluding ortho intramolecular Hbond substituents is 1. The lowest BCUT2D eigenvalue weighted by molar-refractivity contribution is 0.0754. The predicted octanol–water partition coefficient (Wildman–Crippen LogP) is 3.74. The summed E-state index contributed by atoms with van der Waals surface area (Å²) in [5.41, 5.74) is 2.41. The smallest absolute Gasteiger partial charge is 0.254 e. The van der Waals surface area contributed by atoms with Crippen molar-refractivity contribution in [3.8, 4) is 5.75 Å². The van der Waals surface area contributed by atoms with Gasteiger partial charge in [-0.15, -0.1) is 0 Å². The van der Waals surface area contributed by atoms with Crippen LogP contribution in [-0.2, 0) is 6.54 Å². The quantitative estimate of drug-likeness (QED) is 0.837. The number of phenols is 1. The summed E-state index contributed by atoms with van der Waals surface area (Å²) in [5, 5.41) is 10.3. The number of hydrogen-bond donors (Lipinski definition) is 1. The molecule has 4 heteroatoms. The van der Waals surface area contributed by atoms with Crippen LogP contribution in [0.1, 0.15) is 21.5 Å². The van der Waals surface area contributed by atoms with Gasteiger partial charge >= 0.3 is 0 Å². The van der Waals surface area contributed by atoms with Gasteiger partial charge in [-0.2, -0.15) is 0 Å². The Bertz CT molecular complexity index is 613. The Morgan fingerprint density at radius 2 is 1.90 bits per heavy atom. The van der Waals surface area contributed by atoms with Gasteiger partial charge in [0, 0.05) is 24.0 Å². The van der Waals surface area contributed by atoms with E-state index in [4.69, 9.17) is 0 Å². The standard InChI is InChI=1S/C17H18BrNO2/c1-13-11-15(7-8-16(13)20)17(21)19(10-9-18)12-14-5-3-2-4-6-14/h2-8,11,20H,9-10,12H2,1H3. The molecule has 0 aliphatic rings. The highest BCUT2D eigenvalue weighted by Gasteiger charge is 2.16. The first-order valence-corrected chi connectivity index (χ1v) is 7.92. The number of carbonyl (C=O) groups is 1. The second-order valence-electron chi connectivity index (χ2n) is 4.90. The van der Waals surface area contributed by atoms with E-state index in [-0.39, 0.29) is 11.7 Å². The zero-order valence-corrected chi connectivity index (χ0v) is 13.5. The highest BCUT2D eigenvalue weighted by molar-refractivity contribution is 9.09. The number of rotatable bonds is 5. The maximum Gasteiger partial charge on any atom is 0.254 e. The second kappa shape index (κ2) is 7.27. The van der Waals surface area contributed by atoms with Crippen LogP contribution < -0.4 is 0 Å². The first kappa shape index (κ1) is 15.6. The van der Waals surface area contributed by atoms with E-state index in [1.165, 1.54) is 0 Å². The van der Waals surface area contributed by atoms with Crippen LogP contribution in [0.3, 0.4) is 0 Å². The molecule has 0 aliphatic carbocycles. The molecule has 0 saturated carbocycles. The molecule has 0 fully saturated rings. The fourth-order valence-electron chi connectivity index (χ4n) is 2.13. The summed E-state index contributed by atoms with van der Waals surface area (Å²) >= 11 is 3.40. The van der Waals surface area contributed by atoms with Gasteiger partial charge in [-0.3, -0.25) is 4.79 Å². The largest absolute Gasteiger partial charge is 0.508 e. The topological polar surface area (TPSA) is 40.5 Å². The van der Waals surface area contributed by atoms with Crippen LogP contribution in [0.4, 0.5) is 0 Å². The van der Waals surface area contributed by atoms with E-state index >= 15 is 0 Å². The molecule has 2 rings (SSSR count). The van der Waals surface area contributed by atoms with E-state index < -0.39 is 0 Å². The fourth-order valence-corrected chi connectivity index (χ4v) is 2.56. The van der Waals surface area contributed by atoms with Crippen molar-refractivity contribution in [2.45, 2.75) is 13.5 Å². The van der Waals surface area contributed by atoms with E-state index in [1.807, 2.05) is 30.3 Å². The zero-order chi connectivity index (χ0) is 15.2. The molecule has 0 radical (unpaired) electrons. The number of alkyl halides is 1. The summed E-state index contributed by atoms with van der Waals surface area (Å²) in [6.45, 7) is 3.00. The van der Waals surface area contributed by atoms with Crippen LogP contribution in [0.5, 0.6) is 5.75 Å². The molecule has 0 unspecified atom stereocenters. The SMILES string of the molecule is Cc1cc(C(=O)N(CCBr)Cc2ccccc2)ccc1O. The summed E-state index contributed by atoms with van der Waals surface area (Å²) in [7, 11) is 0. The Morgan fingerprint density at radius 3 is 2.52 bits per heavy atom. The Hall–Kier alpha value is -1.81. The van der Waals surface area contributed by atoms with Gasteiger partial charge in [0.2, 0.25) is 0 Å². The summed E-state index contributed by atoms with van der Waals surface area (Å²) in [4.78, 5) is 14.4. The van der Waals surface area contributed by atoms with Gasteiger partial charge in [0.1, 0.15) is 5.75 Å². The van der Waals surface area contributed by atoms with Gasteiger partial charge in [0.25, 0.3) is 5.91 Å². The third-order valence-corrected chi connectivity index (χ3v) is 3.66. The Balaban J connectivity index is 2.20. The molecule has 2 aromatic rings. The highest BCUT2D eigenvalue weighted by Crippen LogP contribution is 2.19. The molecule has 0 aromatic heterocycles. The molecule has 1 amide bonds. The lowest BCUT2D eigenvalue weighted by Gasteiger charge is -2.22. The van der Waals surface area contributed by atoms with Crippen LogP contribution in [0.25, 0.3) is 0 Å². The van der Waals surface area contributed by atoms with Gasteiger partial charge < -0.3 is 10.0 Å². The van der Waals surface area contributed by atoms with E-state index in [0.717, 1.165) is 10.9 Å². The number of aromatic hydroxyl groups is 1. The number of halogens is 1. The molecule has 0 heterocycles. The number of hydrogen-bond acceptors (Lipinski definition) is 2. The van der Waals surface area contributed by atoms with Crippen molar-refractivity contribution in [3.05, 3.63) is 65.2 Å². The van der Waals surface area contributed by atoms with Gasteiger partial charge in [-0.1, -0.05) is 46.3 Å². The third-order valence-electron chi connectivity index (χ3n) is 3.30. The van der Waals surface area contributed by atoms with Crippen LogP contribution in [0, 0.1) is 6.92 Å². The minimum atomic E-state index is -0.0265. The fraction of sp³-hybridized carbons (Fsp3) is 0.235. The summed E-state index contributed by atoms with van der Waals surface area (Å²) < 4.78 is 0. The summed E-state index contributed by atoms with van der Waals surface area (Å²) in [5.74, 6) is 0.183. The lowest BCUT2D eigenvalue weighted by Crippen LogP contribution is -2.32. The van der Waals surface area contributed by atoms with Crippen molar-refractivity contribution >= 4 is 21.8 Å². The molecular formula is C17H18BrNO2. The van der Waals surface area contributed by atoms with E-state index in [2.05, 4.69) is 15.9 Å². The first-order chi connectivity index (χ1) is 10.1. The van der Waals surface area contributed by atoms with Crippen molar-refractivity contribution in [2.75, 3.05) is 11.9 Å². The Labute approximate surface area is 133 Å². The lowest BCUT2D eigenvalue weighted by atomic mass is 10.1. The molecule has 0 bridgehead atoms. The number of aryl methyl sites for hydroxylation is 1. The van der Waals surface area contributed by atoms with Gasteiger partial charge in [-0.05, 0) is 36.2 Å². The Kier molecular flexibility index (Phi) is 5.39. The minimum absolute atomic E-state index is 0.0265. The molecule has 3 nitrogen and oxygen atoms in total. The summed E-state index contributed by atoms with van der Waals surface area (Å²) in [6.07, 6.45) is 0. The predicted molar refractivity (Wildman–Crippen MR) is 87.8 cm³/mol. The van der Waals surface area contributed by atoms with Crippen LogP contribution in [0.2, 0.25) is 0 Å². The molecule has 21 heavy (non-hydrogen) atoms. The van der Waals surface area contributed by atoms with Crippen LogP contribution >= 0.6 is 15.9 Å². The van der Waals surface area contributed by atoms with Crippen molar-refractivity contribution < 1.29 is 9.90 Å². The number of nitrogens with zero attached hydrogens (tertiary/aromatic N) is 1. The summed E-state index contributed by atoms with van der Waals surface area (Å²) in [6, 6.07) is 14.9. The molecule has 0 spiro atoms. The first-order valence-electron chi connectivity index (χ1n) is 6.80. The molecule has 0 atom stereocenters. The molecule has 0 saturated heterocycles. The van der Waals surface area contributed by atoms with Gasteiger partial charge in [-0.25, -0.2) is 0 Å². The van der Waals surface area contributed by atoms with Crippen molar-refractivity contribution in [1.82, 2.24) is 4.90 Å². The third kappa shape index (κ3) is 4.08. The average Bonchev–Trinajstić information content (AvgIpc) is 2.50. The van der Waals surface area contributed by atoms with Crippen molar-refractivity contribution in [2.24, 2.45) is 0 Å². The number of amides is 1. The molecule has 1 N–H and O–H groups in total. The van der Waals surface area contributed by atoms with E-state index in [9.17, 15) is 9.90 Å². The molecule has 2 aromatic carbocycles. The average molecular weight is 348 g/mol. The maximum atomic E-state index is 12.6. The van der Waals surface area contributed by atoms with Gasteiger partial charge in [0.15, 0.2) is 0 Å². The molecular weight excluding hydrogens is 330 g/mol. The Morgan fingerprint density at radius 1 is 1.19 bits per heavy atom. The van der Waals surface area contributed by atoms with E-state index in [1.54, 1.807) is 30.0 Å². The molecule has 110 valence electrons. The number of carbonyl (C=O) groups excluding carboxylic acids is 1. The maximum absolute atomic E-state index is 12.6. The zero-order valence-electron chi connectivity index (χ0n) is 11.9. The van der Waals surface area contributed by atoms with E-state index in [0.29, 0.717) is 24.2 Å².